The fourth-order valence-corrected chi connectivity index (χ4v) is 2.01. The van der Waals surface area contributed by atoms with Crippen LogP contribution in [0.2, 0.25) is 0 Å². The Bertz CT molecular complexity index is 805. The molecule has 0 bridgehead atoms. The molecule has 0 saturated carbocycles. The predicted molar refractivity (Wildman–Crippen MR) is 94.9 cm³/mol. The zero-order valence-corrected chi connectivity index (χ0v) is 14.7. The van der Waals surface area contributed by atoms with Gasteiger partial charge >= 0.3 is 6.09 Å². The second-order valence-electron chi connectivity index (χ2n) is 6.54. The van der Waals surface area contributed by atoms with Crippen LogP contribution in [0.4, 0.5) is 16.2 Å². The number of hydrogen-bond donors (Lipinski definition) is 3. The summed E-state index contributed by atoms with van der Waals surface area (Å²) in [7, 11) is 0. The van der Waals surface area contributed by atoms with Crippen LogP contribution in [0.1, 0.15) is 36.8 Å². The normalized spacial score (nSPS) is 10.9. The van der Waals surface area contributed by atoms with Gasteiger partial charge in [0.25, 0.3) is 11.6 Å². The Labute approximate surface area is 149 Å². The molecule has 0 aliphatic carbocycles. The Balaban J connectivity index is 1.89. The van der Waals surface area contributed by atoms with E-state index in [2.05, 4.69) is 15.6 Å². The van der Waals surface area contributed by atoms with Gasteiger partial charge in [-0.15, -0.1) is 0 Å². The van der Waals surface area contributed by atoms with Crippen LogP contribution < -0.4 is 10.6 Å². The second-order valence-corrected chi connectivity index (χ2v) is 6.54. The number of hydrogen-bond acceptors (Lipinski definition) is 5. The first kappa shape index (κ1) is 19.0. The number of nitro groups is 1. The molecule has 138 valence electrons. The zero-order chi connectivity index (χ0) is 19.3. The molecule has 2 rings (SSSR count). The van der Waals surface area contributed by atoms with E-state index in [0.717, 1.165) is 17.8 Å². The van der Waals surface area contributed by atoms with Crippen molar-refractivity contribution in [3.05, 3.63) is 57.9 Å². The quantitative estimate of drug-likeness (QED) is 0.557. The number of ether oxygens (including phenoxy) is 1. The second kappa shape index (κ2) is 7.68. The molecule has 0 radical (unpaired) electrons. The minimum Gasteiger partial charge on any atom is -0.444 e. The first-order valence-electron chi connectivity index (χ1n) is 7.84. The third-order valence-electron chi connectivity index (χ3n) is 3.17. The summed E-state index contributed by atoms with van der Waals surface area (Å²) < 4.78 is 5.15. The summed E-state index contributed by atoms with van der Waals surface area (Å²) in [4.78, 5) is 36.3. The minimum absolute atomic E-state index is 0.0902. The van der Waals surface area contributed by atoms with Gasteiger partial charge < -0.3 is 20.4 Å². The number of anilines is 1. The van der Waals surface area contributed by atoms with Gasteiger partial charge in [0, 0.05) is 18.3 Å². The van der Waals surface area contributed by atoms with E-state index in [-0.39, 0.29) is 17.9 Å². The average Bonchev–Trinajstić information content (AvgIpc) is 3.03. The number of nitrogens with zero attached hydrogens (tertiary/aromatic N) is 1. The predicted octanol–water partition coefficient (Wildman–Crippen LogP) is 3.20. The van der Waals surface area contributed by atoms with E-state index >= 15 is 0 Å². The van der Waals surface area contributed by atoms with E-state index in [4.69, 9.17) is 4.74 Å². The first-order valence-corrected chi connectivity index (χ1v) is 7.84. The van der Waals surface area contributed by atoms with Crippen LogP contribution in [0.5, 0.6) is 0 Å². The van der Waals surface area contributed by atoms with Crippen molar-refractivity contribution >= 4 is 23.4 Å². The molecule has 0 atom stereocenters. The van der Waals surface area contributed by atoms with Gasteiger partial charge in [-0.05, 0) is 38.5 Å². The molecule has 3 N–H and O–H groups in total. The standard InChI is InChI=1S/C17H20N4O5/c1-17(2,3)26-16(23)19-9-11-4-6-12(7-5-11)20-15(22)14-8-13(10-18-14)21(24)25/h4-8,10,18H,9H2,1-3H3,(H,19,23)(H,20,22). The van der Waals surface area contributed by atoms with Gasteiger partial charge in [0.15, 0.2) is 0 Å². The van der Waals surface area contributed by atoms with Gasteiger partial charge in [-0.1, -0.05) is 12.1 Å². The molecule has 0 fully saturated rings. The number of alkyl carbamates (subject to hydrolysis) is 1. The molecule has 0 spiro atoms. The minimum atomic E-state index is -0.584. The van der Waals surface area contributed by atoms with E-state index in [0.29, 0.717) is 5.69 Å². The Hall–Kier alpha value is -3.36. The smallest absolute Gasteiger partial charge is 0.407 e. The molecule has 2 amide bonds. The molecule has 0 aliphatic rings. The number of carbonyl (C=O) groups is 2. The molecule has 1 aromatic carbocycles. The number of aromatic amines is 1. The van der Waals surface area contributed by atoms with Crippen LogP contribution in [0.3, 0.4) is 0 Å². The van der Waals surface area contributed by atoms with E-state index in [9.17, 15) is 19.7 Å². The molecule has 2 aromatic rings. The van der Waals surface area contributed by atoms with Crippen molar-refractivity contribution in [2.24, 2.45) is 0 Å². The summed E-state index contributed by atoms with van der Waals surface area (Å²) in [5.74, 6) is -0.488. The van der Waals surface area contributed by atoms with Crippen molar-refractivity contribution in [2.45, 2.75) is 32.9 Å². The molecule has 26 heavy (non-hydrogen) atoms. The van der Waals surface area contributed by atoms with Crippen molar-refractivity contribution in [1.82, 2.24) is 10.3 Å². The van der Waals surface area contributed by atoms with Crippen molar-refractivity contribution in [2.75, 3.05) is 5.32 Å². The topological polar surface area (TPSA) is 126 Å². The molecule has 0 unspecified atom stereocenters. The number of rotatable bonds is 5. The van der Waals surface area contributed by atoms with Gasteiger partial charge in [-0.3, -0.25) is 14.9 Å². The fraction of sp³-hybridized carbons (Fsp3) is 0.294. The van der Waals surface area contributed by atoms with E-state index in [1.807, 2.05) is 0 Å². The third kappa shape index (κ3) is 5.62. The molecule has 0 saturated heterocycles. The Morgan fingerprint density at radius 1 is 1.23 bits per heavy atom. The maximum Gasteiger partial charge on any atom is 0.407 e. The number of H-pyrrole nitrogens is 1. The van der Waals surface area contributed by atoms with Gasteiger partial charge in [-0.2, -0.15) is 0 Å². The summed E-state index contributed by atoms with van der Waals surface area (Å²) in [5, 5.41) is 15.9. The summed E-state index contributed by atoms with van der Waals surface area (Å²) in [6, 6.07) is 7.98. The third-order valence-corrected chi connectivity index (χ3v) is 3.17. The van der Waals surface area contributed by atoms with E-state index in [1.165, 1.54) is 0 Å². The van der Waals surface area contributed by atoms with Gasteiger partial charge in [0.1, 0.15) is 11.3 Å². The van der Waals surface area contributed by atoms with Crippen molar-refractivity contribution in [3.8, 4) is 0 Å². The highest BCUT2D eigenvalue weighted by atomic mass is 16.6. The first-order chi connectivity index (χ1) is 12.1. The molecular weight excluding hydrogens is 340 g/mol. The average molecular weight is 360 g/mol. The highest BCUT2D eigenvalue weighted by Gasteiger charge is 2.16. The lowest BCUT2D eigenvalue weighted by Gasteiger charge is -2.19. The molecule has 9 nitrogen and oxygen atoms in total. The van der Waals surface area contributed by atoms with Crippen molar-refractivity contribution in [3.63, 3.8) is 0 Å². The highest BCUT2D eigenvalue weighted by Crippen LogP contribution is 2.15. The van der Waals surface area contributed by atoms with Crippen LogP contribution in [0, 0.1) is 10.1 Å². The molecule has 1 heterocycles. The zero-order valence-electron chi connectivity index (χ0n) is 14.7. The SMILES string of the molecule is CC(C)(C)OC(=O)NCc1ccc(NC(=O)c2cc([N+](=O)[O-])c[nH]2)cc1. The maximum atomic E-state index is 12.0. The summed E-state index contributed by atoms with van der Waals surface area (Å²) in [5.41, 5.74) is 0.689. The number of benzene rings is 1. The lowest BCUT2D eigenvalue weighted by molar-refractivity contribution is -0.384. The monoisotopic (exact) mass is 360 g/mol. The summed E-state index contributed by atoms with van der Waals surface area (Å²) in [6.45, 7) is 5.63. The number of carbonyl (C=O) groups excluding carboxylic acids is 2. The highest BCUT2D eigenvalue weighted by molar-refractivity contribution is 6.03. The van der Waals surface area contributed by atoms with Gasteiger partial charge in [0.2, 0.25) is 0 Å². The largest absolute Gasteiger partial charge is 0.444 e. The lowest BCUT2D eigenvalue weighted by Crippen LogP contribution is -2.32. The molecule has 1 aromatic heterocycles. The molecule has 9 heteroatoms. The van der Waals surface area contributed by atoms with Gasteiger partial charge in [-0.25, -0.2) is 4.79 Å². The van der Waals surface area contributed by atoms with Gasteiger partial charge in [0.05, 0.1) is 11.1 Å². The summed E-state index contributed by atoms with van der Waals surface area (Å²) in [6.07, 6.45) is 0.642. The number of amides is 2. The molecule has 0 aliphatic heterocycles. The maximum absolute atomic E-state index is 12.0. The van der Waals surface area contributed by atoms with Crippen molar-refractivity contribution in [1.29, 1.82) is 0 Å². The fourth-order valence-electron chi connectivity index (χ4n) is 2.01. The lowest BCUT2D eigenvalue weighted by atomic mass is 10.2. The van der Waals surface area contributed by atoms with Crippen LogP contribution in [0.15, 0.2) is 36.5 Å². The van der Waals surface area contributed by atoms with Crippen LogP contribution in [-0.4, -0.2) is 27.5 Å². The Morgan fingerprint density at radius 2 is 1.88 bits per heavy atom. The number of nitrogens with one attached hydrogen (secondary N) is 3. The Kier molecular flexibility index (Phi) is 5.61. The number of aromatic nitrogens is 1. The van der Waals surface area contributed by atoms with Crippen LogP contribution >= 0.6 is 0 Å². The van der Waals surface area contributed by atoms with Crippen molar-refractivity contribution < 1.29 is 19.2 Å². The summed E-state index contributed by atoms with van der Waals surface area (Å²) >= 11 is 0. The van der Waals surface area contributed by atoms with E-state index in [1.54, 1.807) is 45.0 Å². The van der Waals surface area contributed by atoms with Crippen LogP contribution in [0.25, 0.3) is 0 Å². The Morgan fingerprint density at radius 3 is 2.42 bits per heavy atom. The molecular formula is C17H20N4O5. The van der Waals surface area contributed by atoms with E-state index < -0.39 is 22.5 Å². The van der Waals surface area contributed by atoms with Crippen LogP contribution in [-0.2, 0) is 11.3 Å².